The van der Waals surface area contributed by atoms with Gasteiger partial charge in [0.1, 0.15) is 0 Å². The van der Waals surface area contributed by atoms with Gasteiger partial charge in [-0.15, -0.1) is 11.3 Å². The van der Waals surface area contributed by atoms with E-state index in [0.29, 0.717) is 6.04 Å². The summed E-state index contributed by atoms with van der Waals surface area (Å²) < 4.78 is 0. The summed E-state index contributed by atoms with van der Waals surface area (Å²) in [7, 11) is 0. The first kappa shape index (κ1) is 11.7. The van der Waals surface area contributed by atoms with Gasteiger partial charge in [0.25, 0.3) is 0 Å². The molecule has 2 bridgehead atoms. The lowest BCUT2D eigenvalue weighted by atomic mass is 9.95. The maximum Gasteiger partial charge on any atom is 0.0388 e. The molecule has 0 spiro atoms. The van der Waals surface area contributed by atoms with Gasteiger partial charge in [-0.05, 0) is 56.6 Å². The molecule has 2 fully saturated rings. The maximum absolute atomic E-state index is 3.87. The number of fused-ring (bicyclic) bond motifs is 2. The van der Waals surface area contributed by atoms with E-state index in [1.807, 2.05) is 11.3 Å². The van der Waals surface area contributed by atoms with Gasteiger partial charge in [-0.1, -0.05) is 13.3 Å². The first-order valence-corrected chi connectivity index (χ1v) is 7.92. The quantitative estimate of drug-likeness (QED) is 0.845. The Morgan fingerprint density at radius 2 is 2.24 bits per heavy atom. The average molecular weight is 249 g/mol. The van der Waals surface area contributed by atoms with E-state index in [2.05, 4.69) is 31.3 Å². The Labute approximate surface area is 109 Å². The molecule has 1 heterocycles. The molecule has 1 aromatic rings. The second-order valence-corrected chi connectivity index (χ2v) is 7.03. The number of aryl methyl sites for hydroxylation is 1. The number of rotatable bonds is 4. The van der Waals surface area contributed by atoms with Gasteiger partial charge in [0, 0.05) is 21.8 Å². The number of hydrogen-bond acceptors (Lipinski definition) is 2. The molecular weight excluding hydrogens is 226 g/mol. The van der Waals surface area contributed by atoms with Crippen LogP contribution in [0.5, 0.6) is 0 Å². The molecule has 4 unspecified atom stereocenters. The highest BCUT2D eigenvalue weighted by Gasteiger charge is 2.39. The van der Waals surface area contributed by atoms with Crippen LogP contribution in [-0.4, -0.2) is 6.04 Å². The van der Waals surface area contributed by atoms with Crippen molar-refractivity contribution in [3.8, 4) is 0 Å². The van der Waals surface area contributed by atoms with E-state index >= 15 is 0 Å². The zero-order valence-corrected chi connectivity index (χ0v) is 11.7. The Kier molecular flexibility index (Phi) is 3.27. The van der Waals surface area contributed by atoms with Crippen LogP contribution in [0.15, 0.2) is 12.1 Å². The van der Waals surface area contributed by atoms with Gasteiger partial charge in [-0.3, -0.25) is 0 Å². The van der Waals surface area contributed by atoms with Crippen LogP contribution >= 0.6 is 11.3 Å². The molecule has 2 aliphatic rings. The lowest BCUT2D eigenvalue weighted by Crippen LogP contribution is -2.35. The fraction of sp³-hybridized carbons (Fsp3) is 0.733. The van der Waals surface area contributed by atoms with Crippen molar-refractivity contribution in [3.63, 3.8) is 0 Å². The molecule has 1 nitrogen and oxygen atoms in total. The summed E-state index contributed by atoms with van der Waals surface area (Å²) in [5.41, 5.74) is 0. The fourth-order valence-corrected chi connectivity index (χ4v) is 4.63. The van der Waals surface area contributed by atoms with E-state index in [0.717, 1.165) is 17.9 Å². The summed E-state index contributed by atoms with van der Waals surface area (Å²) in [5, 5.41) is 3.87. The second kappa shape index (κ2) is 4.74. The first-order chi connectivity index (χ1) is 8.26. The smallest absolute Gasteiger partial charge is 0.0388 e. The van der Waals surface area contributed by atoms with Gasteiger partial charge in [0.15, 0.2) is 0 Å². The van der Waals surface area contributed by atoms with Gasteiger partial charge in [-0.2, -0.15) is 0 Å². The molecule has 94 valence electrons. The van der Waals surface area contributed by atoms with E-state index in [4.69, 9.17) is 0 Å². The van der Waals surface area contributed by atoms with Crippen LogP contribution in [0.25, 0.3) is 0 Å². The third-order valence-electron chi connectivity index (χ3n) is 4.66. The van der Waals surface area contributed by atoms with Crippen LogP contribution in [0.3, 0.4) is 0 Å². The van der Waals surface area contributed by atoms with Crippen molar-refractivity contribution in [2.45, 2.75) is 58.0 Å². The van der Waals surface area contributed by atoms with Crippen LogP contribution in [-0.2, 0) is 6.42 Å². The highest BCUT2D eigenvalue weighted by Crippen LogP contribution is 2.45. The van der Waals surface area contributed by atoms with Crippen molar-refractivity contribution in [2.75, 3.05) is 0 Å². The average Bonchev–Trinajstić information content (AvgIpc) is 3.04. The maximum atomic E-state index is 3.87. The molecule has 1 aromatic heterocycles. The molecule has 3 rings (SSSR count). The van der Waals surface area contributed by atoms with E-state index in [1.165, 1.54) is 41.9 Å². The molecule has 4 atom stereocenters. The van der Waals surface area contributed by atoms with Crippen LogP contribution in [0.1, 0.15) is 55.3 Å². The molecule has 17 heavy (non-hydrogen) atoms. The largest absolute Gasteiger partial charge is 0.306 e. The summed E-state index contributed by atoms with van der Waals surface area (Å²) in [6, 6.07) is 5.95. The molecule has 1 N–H and O–H groups in total. The molecule has 0 aliphatic heterocycles. The van der Waals surface area contributed by atoms with Crippen LogP contribution in [0.2, 0.25) is 0 Å². The van der Waals surface area contributed by atoms with Crippen molar-refractivity contribution in [1.82, 2.24) is 5.32 Å². The molecule has 0 saturated heterocycles. The topological polar surface area (TPSA) is 12.0 Å². The SMILES string of the molecule is CCc1ccc(C(C)NC2CC3CCC2C3)s1. The fourth-order valence-electron chi connectivity index (χ4n) is 3.67. The Bertz CT molecular complexity index is 384. The van der Waals surface area contributed by atoms with E-state index in [-0.39, 0.29) is 0 Å². The molecule has 2 heteroatoms. The third kappa shape index (κ3) is 2.30. The molecule has 2 saturated carbocycles. The number of hydrogen-bond donors (Lipinski definition) is 1. The minimum atomic E-state index is 0.546. The highest BCUT2D eigenvalue weighted by molar-refractivity contribution is 7.12. The summed E-state index contributed by atoms with van der Waals surface area (Å²) in [6.07, 6.45) is 7.07. The summed E-state index contributed by atoms with van der Waals surface area (Å²) in [5.74, 6) is 2.02. The summed E-state index contributed by atoms with van der Waals surface area (Å²) >= 11 is 1.98. The van der Waals surface area contributed by atoms with Crippen molar-refractivity contribution in [2.24, 2.45) is 11.8 Å². The Hall–Kier alpha value is -0.340. The van der Waals surface area contributed by atoms with Gasteiger partial charge < -0.3 is 5.32 Å². The Morgan fingerprint density at radius 3 is 2.82 bits per heavy atom. The van der Waals surface area contributed by atoms with Crippen LogP contribution < -0.4 is 5.32 Å². The van der Waals surface area contributed by atoms with Crippen molar-refractivity contribution in [1.29, 1.82) is 0 Å². The monoisotopic (exact) mass is 249 g/mol. The molecular formula is C15H23NS. The first-order valence-electron chi connectivity index (χ1n) is 7.11. The Balaban J connectivity index is 1.61. The standard InChI is InChI=1S/C15H23NS/c1-3-13-6-7-15(17-13)10(2)16-14-9-11-4-5-12(14)8-11/h6-7,10-12,14,16H,3-5,8-9H2,1-2H3. The van der Waals surface area contributed by atoms with Gasteiger partial charge >= 0.3 is 0 Å². The highest BCUT2D eigenvalue weighted by atomic mass is 32.1. The lowest BCUT2D eigenvalue weighted by Gasteiger charge is -2.26. The van der Waals surface area contributed by atoms with Crippen molar-refractivity contribution in [3.05, 3.63) is 21.9 Å². The lowest BCUT2D eigenvalue weighted by molar-refractivity contribution is 0.328. The molecule has 0 aromatic carbocycles. The minimum absolute atomic E-state index is 0.546. The zero-order chi connectivity index (χ0) is 11.8. The van der Waals surface area contributed by atoms with E-state index in [9.17, 15) is 0 Å². The van der Waals surface area contributed by atoms with E-state index < -0.39 is 0 Å². The van der Waals surface area contributed by atoms with Gasteiger partial charge in [0.2, 0.25) is 0 Å². The summed E-state index contributed by atoms with van der Waals surface area (Å²) in [4.78, 5) is 3.03. The minimum Gasteiger partial charge on any atom is -0.306 e. The zero-order valence-electron chi connectivity index (χ0n) is 10.9. The predicted octanol–water partition coefficient (Wildman–Crippen LogP) is 4.15. The molecule has 2 aliphatic carbocycles. The number of nitrogens with one attached hydrogen (secondary N) is 1. The van der Waals surface area contributed by atoms with E-state index in [1.54, 1.807) is 0 Å². The van der Waals surface area contributed by atoms with Crippen LogP contribution in [0.4, 0.5) is 0 Å². The van der Waals surface area contributed by atoms with Crippen molar-refractivity contribution < 1.29 is 0 Å². The Morgan fingerprint density at radius 1 is 1.35 bits per heavy atom. The third-order valence-corrected chi connectivity index (χ3v) is 6.07. The molecule has 0 radical (unpaired) electrons. The predicted molar refractivity (Wildman–Crippen MR) is 74.5 cm³/mol. The van der Waals surface area contributed by atoms with Crippen LogP contribution in [0, 0.1) is 11.8 Å². The van der Waals surface area contributed by atoms with Gasteiger partial charge in [0.05, 0.1) is 0 Å². The molecule has 0 amide bonds. The second-order valence-electron chi connectivity index (χ2n) is 5.83. The number of thiophene rings is 1. The normalized spacial score (nSPS) is 33.2. The van der Waals surface area contributed by atoms with Gasteiger partial charge in [-0.25, -0.2) is 0 Å². The van der Waals surface area contributed by atoms with Crippen molar-refractivity contribution >= 4 is 11.3 Å². The summed E-state index contributed by atoms with van der Waals surface area (Å²) in [6.45, 7) is 4.57.